The van der Waals surface area contributed by atoms with Crippen molar-refractivity contribution in [3.63, 3.8) is 0 Å². The van der Waals surface area contributed by atoms with Crippen molar-refractivity contribution in [3.8, 4) is 0 Å². The van der Waals surface area contributed by atoms with E-state index in [1.54, 1.807) is 0 Å². The van der Waals surface area contributed by atoms with Crippen LogP contribution in [0.1, 0.15) is 459 Å². The van der Waals surface area contributed by atoms with Crippen molar-refractivity contribution in [1.82, 2.24) is 0 Å². The number of hydrogen-bond acceptors (Lipinski definition) is 15. The Kier molecular flexibility index (Phi) is 76.0. The van der Waals surface area contributed by atoms with Crippen LogP contribution in [0, 0.1) is 11.8 Å². The summed E-state index contributed by atoms with van der Waals surface area (Å²) in [5.41, 5.74) is 0. The Hall–Kier alpha value is -1.94. The first-order valence-electron chi connectivity index (χ1n) is 44.5. The molecule has 0 aromatic carbocycles. The van der Waals surface area contributed by atoms with E-state index in [-0.39, 0.29) is 25.7 Å². The average molecular weight is 1540 g/mol. The zero-order valence-electron chi connectivity index (χ0n) is 69.0. The van der Waals surface area contributed by atoms with E-state index in [1.807, 2.05) is 0 Å². The summed E-state index contributed by atoms with van der Waals surface area (Å²) in [5.74, 6) is -0.458. The topological polar surface area (TPSA) is 237 Å². The molecule has 0 rings (SSSR count). The Morgan fingerprint density at radius 3 is 0.724 bits per heavy atom. The van der Waals surface area contributed by atoms with Gasteiger partial charge in [0.25, 0.3) is 0 Å². The Morgan fingerprint density at radius 1 is 0.276 bits per heavy atom. The van der Waals surface area contributed by atoms with Gasteiger partial charge in [-0.3, -0.25) is 37.3 Å². The molecule has 6 atom stereocenters. The van der Waals surface area contributed by atoms with Crippen LogP contribution in [0.15, 0.2) is 0 Å². The van der Waals surface area contributed by atoms with Crippen molar-refractivity contribution < 1.29 is 80.2 Å². The lowest BCUT2D eigenvalue weighted by Gasteiger charge is -2.21. The number of rotatable bonds is 85. The fraction of sp³-hybridized carbons (Fsp3) is 0.953. The molecule has 105 heavy (non-hydrogen) atoms. The van der Waals surface area contributed by atoms with Crippen LogP contribution in [-0.4, -0.2) is 96.7 Å². The first-order valence-corrected chi connectivity index (χ1v) is 47.5. The van der Waals surface area contributed by atoms with Crippen LogP contribution >= 0.6 is 15.6 Å². The third-order valence-electron chi connectivity index (χ3n) is 20.6. The fourth-order valence-corrected chi connectivity index (χ4v) is 15.0. The lowest BCUT2D eigenvalue weighted by molar-refractivity contribution is -0.161. The lowest BCUT2D eigenvalue weighted by Crippen LogP contribution is -2.30. The summed E-state index contributed by atoms with van der Waals surface area (Å²) in [4.78, 5) is 73.1. The van der Waals surface area contributed by atoms with Gasteiger partial charge in [-0.25, -0.2) is 9.13 Å². The van der Waals surface area contributed by atoms with Crippen molar-refractivity contribution in [2.45, 2.75) is 477 Å². The highest BCUT2D eigenvalue weighted by molar-refractivity contribution is 7.47. The van der Waals surface area contributed by atoms with Crippen LogP contribution in [0.25, 0.3) is 0 Å². The number of carbonyl (C=O) groups is 4. The maximum absolute atomic E-state index is 13.1. The smallest absolute Gasteiger partial charge is 0.462 e. The Labute approximate surface area is 645 Å². The molecule has 0 spiro atoms. The summed E-state index contributed by atoms with van der Waals surface area (Å²) in [6.45, 7) is 9.71. The predicted molar refractivity (Wildman–Crippen MR) is 432 cm³/mol. The van der Waals surface area contributed by atoms with Gasteiger partial charge in [-0.05, 0) is 37.5 Å². The maximum Gasteiger partial charge on any atom is 0.472 e. The van der Waals surface area contributed by atoms with Gasteiger partial charge in [-0.2, -0.15) is 0 Å². The molecule has 0 aliphatic carbocycles. The SMILES string of the molecule is CCCCCCCCCCCCCCCCCCCCCCC(=O)OC[C@H](COP(=O)(O)OC[C@@H](O)COP(=O)(O)OC[C@@H](COC(=O)CCCCCCCCCC)OC(=O)CCCCCCCCCCCCCCC(C)C)OC(=O)CCCCCCCCCCCCCCCCCCCCC(C)CC. The summed E-state index contributed by atoms with van der Waals surface area (Å²) in [5, 5.41) is 10.7. The molecule has 0 fully saturated rings. The quantitative estimate of drug-likeness (QED) is 0.0222. The van der Waals surface area contributed by atoms with Gasteiger partial charge >= 0.3 is 39.5 Å². The first kappa shape index (κ1) is 103. The van der Waals surface area contributed by atoms with Crippen LogP contribution in [-0.2, 0) is 65.4 Å². The highest BCUT2D eigenvalue weighted by atomic mass is 31.2. The summed E-state index contributed by atoms with van der Waals surface area (Å²) < 4.78 is 68.8. The van der Waals surface area contributed by atoms with E-state index < -0.39 is 97.5 Å². The van der Waals surface area contributed by atoms with Crippen molar-refractivity contribution in [3.05, 3.63) is 0 Å². The maximum atomic E-state index is 13.1. The van der Waals surface area contributed by atoms with E-state index >= 15 is 0 Å². The van der Waals surface area contributed by atoms with Gasteiger partial charge in [0.05, 0.1) is 26.4 Å². The minimum Gasteiger partial charge on any atom is -0.462 e. The van der Waals surface area contributed by atoms with E-state index in [0.717, 1.165) is 108 Å². The summed E-state index contributed by atoms with van der Waals surface area (Å²) in [6, 6.07) is 0. The number of phosphoric acid groups is 2. The van der Waals surface area contributed by atoms with E-state index in [4.69, 9.17) is 37.0 Å². The number of unbranched alkanes of at least 4 members (excludes halogenated alkanes) is 54. The van der Waals surface area contributed by atoms with E-state index in [9.17, 15) is 43.2 Å². The Bertz CT molecular complexity index is 2010. The normalized spacial score (nSPS) is 14.1. The second-order valence-electron chi connectivity index (χ2n) is 31.6. The lowest BCUT2D eigenvalue weighted by atomic mass is 9.99. The second-order valence-corrected chi connectivity index (χ2v) is 34.6. The molecule has 0 saturated carbocycles. The zero-order valence-corrected chi connectivity index (χ0v) is 70.8. The number of aliphatic hydroxyl groups is 1. The van der Waals surface area contributed by atoms with Gasteiger partial charge in [-0.1, -0.05) is 408 Å². The number of hydrogen-bond donors (Lipinski definition) is 3. The van der Waals surface area contributed by atoms with Gasteiger partial charge < -0.3 is 33.8 Å². The zero-order chi connectivity index (χ0) is 77.1. The van der Waals surface area contributed by atoms with Gasteiger partial charge in [0.1, 0.15) is 19.3 Å². The Morgan fingerprint density at radius 2 is 0.486 bits per heavy atom. The minimum atomic E-state index is -4.97. The molecule has 0 aromatic heterocycles. The fourth-order valence-electron chi connectivity index (χ4n) is 13.4. The molecule has 0 amide bonds. The van der Waals surface area contributed by atoms with Crippen molar-refractivity contribution in [2.24, 2.45) is 11.8 Å². The largest absolute Gasteiger partial charge is 0.472 e. The van der Waals surface area contributed by atoms with Crippen LogP contribution in [0.5, 0.6) is 0 Å². The molecule has 17 nitrogen and oxygen atoms in total. The minimum absolute atomic E-state index is 0.107. The number of aliphatic hydroxyl groups excluding tert-OH is 1. The monoisotopic (exact) mass is 1540 g/mol. The second kappa shape index (κ2) is 77.4. The summed E-state index contributed by atoms with van der Waals surface area (Å²) in [6.07, 6.45) is 69.6. The number of carbonyl (C=O) groups excluding carboxylic acids is 4. The van der Waals surface area contributed by atoms with Crippen LogP contribution in [0.3, 0.4) is 0 Å². The third-order valence-corrected chi connectivity index (χ3v) is 22.5. The summed E-state index contributed by atoms with van der Waals surface area (Å²) in [7, 11) is -9.92. The molecule has 0 aromatic rings. The molecule has 624 valence electrons. The molecule has 0 heterocycles. The van der Waals surface area contributed by atoms with E-state index in [0.29, 0.717) is 25.7 Å². The molecule has 3 N–H and O–H groups in total. The van der Waals surface area contributed by atoms with Gasteiger partial charge in [-0.15, -0.1) is 0 Å². The van der Waals surface area contributed by atoms with Gasteiger partial charge in [0, 0.05) is 25.7 Å². The number of esters is 4. The van der Waals surface area contributed by atoms with E-state index in [2.05, 4.69) is 41.5 Å². The van der Waals surface area contributed by atoms with Gasteiger partial charge in [0.15, 0.2) is 12.2 Å². The molecule has 0 saturated heterocycles. The standard InChI is InChI=1S/C86H168O17P2/c1-7-10-12-14-16-18-19-20-21-22-23-24-28-31-34-40-45-51-57-63-69-84(89)97-75-82(103-85(90)70-64-58-52-46-41-35-32-29-26-25-27-30-33-39-44-49-55-61-67-79(6)9-3)77-101-105(94,95)99-73-80(87)72-98-104(92,93)100-76-81(74-96-83(88)68-62-56-50-17-15-13-11-8-2)102-86(91)71-65-59-53-47-42-37-36-38-43-48-54-60-66-78(4)5/h78-82,87H,7-77H2,1-6H3,(H,92,93)(H,94,95)/t79?,80-,81+,82+/m0/s1. The molecule has 3 unspecified atom stereocenters. The van der Waals surface area contributed by atoms with Crippen LogP contribution in [0.4, 0.5) is 0 Å². The molecule has 0 radical (unpaired) electrons. The number of phosphoric ester groups is 2. The summed E-state index contributed by atoms with van der Waals surface area (Å²) >= 11 is 0. The molecular weight excluding hydrogens is 1370 g/mol. The number of ether oxygens (including phenoxy) is 4. The van der Waals surface area contributed by atoms with Gasteiger partial charge in [0.2, 0.25) is 0 Å². The Balaban J connectivity index is 5.18. The highest BCUT2D eigenvalue weighted by Gasteiger charge is 2.30. The molecule has 0 bridgehead atoms. The molecular formula is C86H168O17P2. The predicted octanol–water partition coefficient (Wildman–Crippen LogP) is 26.2. The molecule has 0 aliphatic heterocycles. The van der Waals surface area contributed by atoms with Crippen molar-refractivity contribution >= 4 is 39.5 Å². The average Bonchev–Trinajstić information content (AvgIpc) is 0.905. The molecule has 19 heteroatoms. The molecule has 0 aliphatic rings. The van der Waals surface area contributed by atoms with Crippen molar-refractivity contribution in [1.29, 1.82) is 0 Å². The van der Waals surface area contributed by atoms with Crippen LogP contribution < -0.4 is 0 Å². The highest BCUT2D eigenvalue weighted by Crippen LogP contribution is 2.45. The van der Waals surface area contributed by atoms with Crippen molar-refractivity contribution in [2.75, 3.05) is 39.6 Å². The van der Waals surface area contributed by atoms with E-state index in [1.165, 1.54) is 270 Å². The van der Waals surface area contributed by atoms with Crippen LogP contribution in [0.2, 0.25) is 0 Å². The first-order chi connectivity index (χ1) is 50.9. The third kappa shape index (κ3) is 78.5.